The third-order valence-electron chi connectivity index (χ3n) is 2.73. The quantitative estimate of drug-likeness (QED) is 0.426. The van der Waals surface area contributed by atoms with Crippen LogP contribution in [-0.4, -0.2) is 28.3 Å². The van der Waals surface area contributed by atoms with E-state index in [0.29, 0.717) is 0 Å². The molecule has 0 radical (unpaired) electrons. The number of carbonyl (C=O) groups is 2. The fourth-order valence-electron chi connectivity index (χ4n) is 1.63. The van der Waals surface area contributed by atoms with E-state index < -0.39 is 17.7 Å². The van der Waals surface area contributed by atoms with E-state index in [1.807, 2.05) is 0 Å². The van der Waals surface area contributed by atoms with Gasteiger partial charge in [0.2, 0.25) is 5.76 Å². The van der Waals surface area contributed by atoms with Crippen LogP contribution in [0.3, 0.4) is 0 Å². The molecular formula is C14H24N2O5. The number of unbranched alkanes of at least 4 members (excludes halogenated alkanes) is 4. The molecule has 0 aliphatic heterocycles. The van der Waals surface area contributed by atoms with Crippen LogP contribution in [0.2, 0.25) is 0 Å². The summed E-state index contributed by atoms with van der Waals surface area (Å²) in [6.07, 6.45) is 8.37. The molecule has 0 spiro atoms. The molecule has 0 aliphatic rings. The van der Waals surface area contributed by atoms with Gasteiger partial charge in [-0.2, -0.15) is 0 Å². The number of aromatic carboxylic acids is 2. The Labute approximate surface area is 123 Å². The minimum atomic E-state index is -1.38. The molecule has 0 amide bonds. The van der Waals surface area contributed by atoms with Gasteiger partial charge in [0.1, 0.15) is 5.56 Å². The standard InChI is InChI=1S/C8H20N2.C6H4O5/c1-2-3-4-5-6-7-8(9)10;7-5(8)3-1-2-11-4(3)6(9)10/h8H,2-7,9-10H2,1H3;1-2H,(H,7,8)(H,9,10). The molecule has 1 heterocycles. The van der Waals surface area contributed by atoms with Crippen molar-refractivity contribution in [3.05, 3.63) is 23.7 Å². The fourth-order valence-corrected chi connectivity index (χ4v) is 1.63. The summed E-state index contributed by atoms with van der Waals surface area (Å²) < 4.78 is 4.41. The number of carboxylic acid groups (broad SMARTS) is 2. The number of hydrogen-bond donors (Lipinski definition) is 4. The summed E-state index contributed by atoms with van der Waals surface area (Å²) >= 11 is 0. The van der Waals surface area contributed by atoms with E-state index in [-0.39, 0.29) is 11.7 Å². The number of carboxylic acids is 2. The number of nitrogens with two attached hydrogens (primary N) is 2. The normalized spacial score (nSPS) is 10.1. The molecule has 7 heteroatoms. The highest BCUT2D eigenvalue weighted by molar-refractivity contribution is 5.99. The van der Waals surface area contributed by atoms with Crippen molar-refractivity contribution in [2.24, 2.45) is 11.5 Å². The third-order valence-corrected chi connectivity index (χ3v) is 2.73. The summed E-state index contributed by atoms with van der Waals surface area (Å²) in [5.41, 5.74) is 10.4. The highest BCUT2D eigenvalue weighted by atomic mass is 16.4. The lowest BCUT2D eigenvalue weighted by Gasteiger charge is -2.03. The predicted molar refractivity (Wildman–Crippen MR) is 78.2 cm³/mol. The van der Waals surface area contributed by atoms with Crippen LogP contribution in [0.4, 0.5) is 0 Å². The van der Waals surface area contributed by atoms with E-state index in [0.717, 1.165) is 18.8 Å². The van der Waals surface area contributed by atoms with Crippen LogP contribution in [0.15, 0.2) is 16.7 Å². The summed E-state index contributed by atoms with van der Waals surface area (Å²) in [6, 6.07) is 1.09. The summed E-state index contributed by atoms with van der Waals surface area (Å²) in [6.45, 7) is 2.22. The highest BCUT2D eigenvalue weighted by Crippen LogP contribution is 2.09. The minimum Gasteiger partial charge on any atom is -0.478 e. The Balaban J connectivity index is 0.000000384. The molecular weight excluding hydrogens is 276 g/mol. The Hall–Kier alpha value is -1.86. The van der Waals surface area contributed by atoms with Crippen molar-refractivity contribution in [1.82, 2.24) is 0 Å². The summed E-state index contributed by atoms with van der Waals surface area (Å²) in [5.74, 6) is -3.24. The summed E-state index contributed by atoms with van der Waals surface area (Å²) in [4.78, 5) is 20.5. The van der Waals surface area contributed by atoms with Crippen LogP contribution in [0, 0.1) is 0 Å². The molecule has 0 aromatic carbocycles. The van der Waals surface area contributed by atoms with Gasteiger partial charge in [-0.25, -0.2) is 9.59 Å². The van der Waals surface area contributed by atoms with Gasteiger partial charge in [0.25, 0.3) is 0 Å². The molecule has 0 aliphatic carbocycles. The number of rotatable bonds is 8. The smallest absolute Gasteiger partial charge is 0.372 e. The summed E-state index contributed by atoms with van der Waals surface area (Å²) in [5, 5.41) is 16.7. The van der Waals surface area contributed by atoms with Crippen molar-refractivity contribution in [2.75, 3.05) is 0 Å². The summed E-state index contributed by atoms with van der Waals surface area (Å²) in [7, 11) is 0. The molecule has 0 bridgehead atoms. The molecule has 120 valence electrons. The molecule has 1 aromatic rings. The first kappa shape index (κ1) is 19.1. The van der Waals surface area contributed by atoms with Crippen LogP contribution in [0.1, 0.15) is 66.4 Å². The minimum absolute atomic E-state index is 0.0957. The molecule has 0 unspecified atom stereocenters. The van der Waals surface area contributed by atoms with Crippen molar-refractivity contribution in [3.63, 3.8) is 0 Å². The van der Waals surface area contributed by atoms with Gasteiger partial charge in [0, 0.05) is 0 Å². The number of hydrogen-bond acceptors (Lipinski definition) is 5. The lowest BCUT2D eigenvalue weighted by atomic mass is 10.1. The van der Waals surface area contributed by atoms with E-state index in [4.69, 9.17) is 21.7 Å². The first-order valence-corrected chi connectivity index (χ1v) is 6.95. The average molecular weight is 300 g/mol. The predicted octanol–water partition coefficient (Wildman–Crippen LogP) is 2.27. The van der Waals surface area contributed by atoms with E-state index in [2.05, 4.69) is 11.3 Å². The molecule has 0 saturated heterocycles. The van der Waals surface area contributed by atoms with Gasteiger partial charge in [-0.3, -0.25) is 0 Å². The average Bonchev–Trinajstić information content (AvgIpc) is 2.88. The lowest BCUT2D eigenvalue weighted by Crippen LogP contribution is -2.29. The molecule has 21 heavy (non-hydrogen) atoms. The van der Waals surface area contributed by atoms with E-state index >= 15 is 0 Å². The maximum absolute atomic E-state index is 10.3. The maximum Gasteiger partial charge on any atom is 0.372 e. The number of furan rings is 1. The van der Waals surface area contributed by atoms with Gasteiger partial charge < -0.3 is 26.1 Å². The van der Waals surface area contributed by atoms with Gasteiger partial charge in [-0.1, -0.05) is 39.0 Å². The van der Waals surface area contributed by atoms with Gasteiger partial charge >= 0.3 is 11.9 Å². The first-order valence-electron chi connectivity index (χ1n) is 6.95. The van der Waals surface area contributed by atoms with Crippen molar-refractivity contribution in [1.29, 1.82) is 0 Å². The van der Waals surface area contributed by atoms with Crippen molar-refractivity contribution in [3.8, 4) is 0 Å². The largest absolute Gasteiger partial charge is 0.478 e. The van der Waals surface area contributed by atoms with E-state index in [9.17, 15) is 9.59 Å². The van der Waals surface area contributed by atoms with Gasteiger partial charge in [-0.15, -0.1) is 0 Å². The Morgan fingerprint density at radius 1 is 1.14 bits per heavy atom. The Kier molecular flexibility index (Phi) is 9.91. The van der Waals surface area contributed by atoms with Crippen molar-refractivity contribution in [2.45, 2.75) is 51.6 Å². The second kappa shape index (κ2) is 10.9. The fraction of sp³-hybridized carbons (Fsp3) is 0.571. The molecule has 6 N–H and O–H groups in total. The van der Waals surface area contributed by atoms with Crippen LogP contribution in [0.5, 0.6) is 0 Å². The molecule has 1 rings (SSSR count). The van der Waals surface area contributed by atoms with Crippen molar-refractivity contribution < 1.29 is 24.2 Å². The first-order chi connectivity index (χ1) is 9.90. The van der Waals surface area contributed by atoms with E-state index in [1.165, 1.54) is 32.1 Å². The molecule has 7 nitrogen and oxygen atoms in total. The van der Waals surface area contributed by atoms with Gasteiger partial charge in [0.15, 0.2) is 0 Å². The molecule has 0 saturated carbocycles. The zero-order valence-electron chi connectivity index (χ0n) is 12.2. The Morgan fingerprint density at radius 3 is 2.19 bits per heavy atom. The second-order valence-corrected chi connectivity index (χ2v) is 4.64. The topological polar surface area (TPSA) is 140 Å². The second-order valence-electron chi connectivity index (χ2n) is 4.64. The molecule has 0 fully saturated rings. The van der Waals surface area contributed by atoms with E-state index in [1.54, 1.807) is 0 Å². The van der Waals surface area contributed by atoms with Crippen LogP contribution in [0.25, 0.3) is 0 Å². The highest BCUT2D eigenvalue weighted by Gasteiger charge is 2.18. The van der Waals surface area contributed by atoms with Crippen LogP contribution < -0.4 is 11.5 Å². The zero-order chi connectivity index (χ0) is 16.3. The maximum atomic E-state index is 10.3. The third kappa shape index (κ3) is 8.83. The van der Waals surface area contributed by atoms with Crippen LogP contribution >= 0.6 is 0 Å². The molecule has 1 aromatic heterocycles. The molecule has 0 atom stereocenters. The lowest BCUT2D eigenvalue weighted by molar-refractivity contribution is 0.0626. The van der Waals surface area contributed by atoms with Gasteiger partial charge in [-0.05, 0) is 12.5 Å². The Bertz CT molecular complexity index is 400. The Morgan fingerprint density at radius 2 is 1.76 bits per heavy atom. The monoisotopic (exact) mass is 300 g/mol. The van der Waals surface area contributed by atoms with Gasteiger partial charge in [0.05, 0.1) is 12.4 Å². The SMILES string of the molecule is CCCCCCCC(N)N.O=C(O)c1ccoc1C(=O)O. The zero-order valence-corrected chi connectivity index (χ0v) is 12.2. The van der Waals surface area contributed by atoms with Crippen LogP contribution in [-0.2, 0) is 0 Å². The van der Waals surface area contributed by atoms with Crippen molar-refractivity contribution >= 4 is 11.9 Å².